The highest BCUT2D eigenvalue weighted by atomic mass is 16.7. The van der Waals surface area contributed by atoms with E-state index < -0.39 is 0 Å². The number of fused-ring (bicyclic) bond motifs is 2. The molecule has 2 aliphatic rings. The molecule has 4 rings (SSSR count). The van der Waals surface area contributed by atoms with Gasteiger partial charge in [-0.1, -0.05) is 24.3 Å². The van der Waals surface area contributed by atoms with Crippen LogP contribution in [0.5, 0.6) is 11.5 Å². The highest BCUT2D eigenvalue weighted by Gasteiger charge is 2.13. The van der Waals surface area contributed by atoms with Crippen molar-refractivity contribution in [2.24, 2.45) is 0 Å². The molecule has 0 amide bonds. The number of hydrogen-bond donors (Lipinski definition) is 1. The van der Waals surface area contributed by atoms with Crippen LogP contribution in [0.2, 0.25) is 0 Å². The van der Waals surface area contributed by atoms with Crippen molar-refractivity contribution < 1.29 is 9.47 Å². The van der Waals surface area contributed by atoms with E-state index in [4.69, 9.17) is 9.47 Å². The third-order valence-corrected chi connectivity index (χ3v) is 4.26. The van der Waals surface area contributed by atoms with E-state index >= 15 is 0 Å². The van der Waals surface area contributed by atoms with Gasteiger partial charge in [-0.2, -0.15) is 0 Å². The summed E-state index contributed by atoms with van der Waals surface area (Å²) >= 11 is 0. The van der Waals surface area contributed by atoms with Crippen LogP contribution in [0.15, 0.2) is 36.4 Å². The van der Waals surface area contributed by atoms with Crippen molar-refractivity contribution in [3.05, 3.63) is 58.7 Å². The molecule has 2 aromatic carbocycles. The predicted molar refractivity (Wildman–Crippen MR) is 81.6 cm³/mol. The minimum atomic E-state index is 0.335. The molecule has 0 fully saturated rings. The maximum absolute atomic E-state index is 5.40. The highest BCUT2D eigenvalue weighted by Crippen LogP contribution is 2.32. The van der Waals surface area contributed by atoms with Gasteiger partial charge in [-0.15, -0.1) is 0 Å². The molecule has 3 heteroatoms. The Balaban J connectivity index is 1.37. The Bertz CT molecular complexity index is 609. The van der Waals surface area contributed by atoms with Crippen molar-refractivity contribution in [3.63, 3.8) is 0 Å². The first-order valence-corrected chi connectivity index (χ1v) is 7.58. The Morgan fingerprint density at radius 2 is 1.57 bits per heavy atom. The fraction of sp³-hybridized carbons (Fsp3) is 0.333. The fourth-order valence-electron chi connectivity index (χ4n) is 3.14. The van der Waals surface area contributed by atoms with E-state index in [1.165, 1.54) is 41.5 Å². The van der Waals surface area contributed by atoms with Gasteiger partial charge in [0.25, 0.3) is 0 Å². The quantitative estimate of drug-likeness (QED) is 0.933. The smallest absolute Gasteiger partial charge is 0.231 e. The zero-order valence-electron chi connectivity index (χ0n) is 12.0. The second kappa shape index (κ2) is 5.41. The van der Waals surface area contributed by atoms with E-state index in [1.807, 2.05) is 6.07 Å². The SMILES string of the molecule is c1cc2c(cc1CNCc1ccc3c(c1)OCO3)CCC2. The summed E-state index contributed by atoms with van der Waals surface area (Å²) in [7, 11) is 0. The lowest BCUT2D eigenvalue weighted by Crippen LogP contribution is -2.12. The fourth-order valence-corrected chi connectivity index (χ4v) is 3.14. The Kier molecular flexibility index (Phi) is 3.28. The molecule has 1 aliphatic carbocycles. The summed E-state index contributed by atoms with van der Waals surface area (Å²) in [6, 6.07) is 13.0. The molecule has 0 spiro atoms. The van der Waals surface area contributed by atoms with Gasteiger partial charge in [0, 0.05) is 13.1 Å². The van der Waals surface area contributed by atoms with Gasteiger partial charge in [0.2, 0.25) is 6.79 Å². The van der Waals surface area contributed by atoms with E-state index in [1.54, 1.807) is 0 Å². The molecule has 1 heterocycles. The molecule has 0 saturated carbocycles. The van der Waals surface area contributed by atoms with Gasteiger partial charge >= 0.3 is 0 Å². The minimum absolute atomic E-state index is 0.335. The summed E-state index contributed by atoms with van der Waals surface area (Å²) in [4.78, 5) is 0. The van der Waals surface area contributed by atoms with Gasteiger partial charge < -0.3 is 14.8 Å². The van der Waals surface area contributed by atoms with Crippen LogP contribution < -0.4 is 14.8 Å². The molecule has 0 aromatic heterocycles. The van der Waals surface area contributed by atoms with E-state index in [-0.39, 0.29) is 0 Å². The van der Waals surface area contributed by atoms with Crippen LogP contribution in [0.3, 0.4) is 0 Å². The van der Waals surface area contributed by atoms with E-state index in [0.717, 1.165) is 24.6 Å². The van der Waals surface area contributed by atoms with Crippen LogP contribution in [-0.4, -0.2) is 6.79 Å². The molecule has 0 atom stereocenters. The number of ether oxygens (including phenoxy) is 2. The minimum Gasteiger partial charge on any atom is -0.454 e. The second-order valence-corrected chi connectivity index (χ2v) is 5.75. The standard InChI is InChI=1S/C18H19NO2/c1-2-15-6-4-13(8-16(15)3-1)10-19-11-14-5-7-17-18(9-14)21-12-20-17/h4-9,19H,1-3,10-12H2. The van der Waals surface area contributed by atoms with Crippen molar-refractivity contribution in [3.8, 4) is 11.5 Å². The van der Waals surface area contributed by atoms with Crippen molar-refractivity contribution >= 4 is 0 Å². The van der Waals surface area contributed by atoms with Crippen LogP contribution in [-0.2, 0) is 25.9 Å². The van der Waals surface area contributed by atoms with Crippen molar-refractivity contribution in [2.45, 2.75) is 32.4 Å². The van der Waals surface area contributed by atoms with E-state index in [0.29, 0.717) is 6.79 Å². The Morgan fingerprint density at radius 1 is 0.810 bits per heavy atom. The molecule has 0 unspecified atom stereocenters. The molecular formula is C18H19NO2. The maximum atomic E-state index is 5.40. The van der Waals surface area contributed by atoms with Gasteiger partial charge in [-0.25, -0.2) is 0 Å². The summed E-state index contributed by atoms with van der Waals surface area (Å²) in [5.74, 6) is 1.70. The monoisotopic (exact) mass is 281 g/mol. The molecule has 3 nitrogen and oxygen atoms in total. The van der Waals surface area contributed by atoms with Crippen LogP contribution in [0.4, 0.5) is 0 Å². The summed E-state index contributed by atoms with van der Waals surface area (Å²) in [6.07, 6.45) is 3.80. The molecule has 1 aliphatic heterocycles. The number of nitrogens with one attached hydrogen (secondary N) is 1. The zero-order chi connectivity index (χ0) is 14.1. The molecule has 21 heavy (non-hydrogen) atoms. The summed E-state index contributed by atoms with van der Waals surface area (Å²) < 4.78 is 10.7. The lowest BCUT2D eigenvalue weighted by atomic mass is 10.1. The predicted octanol–water partition coefficient (Wildman–Crippen LogP) is 3.19. The number of benzene rings is 2. The van der Waals surface area contributed by atoms with Gasteiger partial charge in [-0.05, 0) is 53.6 Å². The molecule has 2 aromatic rings. The molecule has 0 bridgehead atoms. The Morgan fingerprint density at radius 3 is 2.52 bits per heavy atom. The molecule has 0 saturated heterocycles. The molecule has 0 radical (unpaired) electrons. The summed E-state index contributed by atoms with van der Waals surface area (Å²) in [5, 5.41) is 3.50. The molecule has 108 valence electrons. The normalized spacial score (nSPS) is 15.2. The van der Waals surface area contributed by atoms with Crippen molar-refractivity contribution in [1.29, 1.82) is 0 Å². The first kappa shape index (κ1) is 12.7. The lowest BCUT2D eigenvalue weighted by molar-refractivity contribution is 0.174. The lowest BCUT2D eigenvalue weighted by Gasteiger charge is -2.08. The van der Waals surface area contributed by atoms with Crippen LogP contribution in [0.25, 0.3) is 0 Å². The average molecular weight is 281 g/mol. The van der Waals surface area contributed by atoms with Gasteiger partial charge in [0.05, 0.1) is 0 Å². The van der Waals surface area contributed by atoms with Gasteiger partial charge in [0.1, 0.15) is 0 Å². The first-order chi connectivity index (χ1) is 10.4. The van der Waals surface area contributed by atoms with Crippen molar-refractivity contribution in [2.75, 3.05) is 6.79 Å². The number of rotatable bonds is 4. The van der Waals surface area contributed by atoms with Crippen molar-refractivity contribution in [1.82, 2.24) is 5.32 Å². The first-order valence-electron chi connectivity index (χ1n) is 7.58. The topological polar surface area (TPSA) is 30.5 Å². The summed E-state index contributed by atoms with van der Waals surface area (Å²) in [6.45, 7) is 2.08. The Labute approximate surface area is 124 Å². The zero-order valence-corrected chi connectivity index (χ0v) is 12.0. The number of aryl methyl sites for hydroxylation is 2. The average Bonchev–Trinajstić information content (AvgIpc) is 3.14. The van der Waals surface area contributed by atoms with E-state index in [9.17, 15) is 0 Å². The largest absolute Gasteiger partial charge is 0.454 e. The number of hydrogen-bond acceptors (Lipinski definition) is 3. The van der Waals surface area contributed by atoms with Gasteiger partial charge in [-0.3, -0.25) is 0 Å². The van der Waals surface area contributed by atoms with Crippen LogP contribution in [0, 0.1) is 0 Å². The second-order valence-electron chi connectivity index (χ2n) is 5.75. The molecular weight excluding hydrogens is 262 g/mol. The van der Waals surface area contributed by atoms with Gasteiger partial charge in [0.15, 0.2) is 11.5 Å². The molecule has 1 N–H and O–H groups in total. The summed E-state index contributed by atoms with van der Waals surface area (Å²) in [5.41, 5.74) is 5.67. The third-order valence-electron chi connectivity index (χ3n) is 4.26. The van der Waals surface area contributed by atoms with E-state index in [2.05, 4.69) is 35.6 Å². The highest BCUT2D eigenvalue weighted by molar-refractivity contribution is 5.44. The van der Waals surface area contributed by atoms with Crippen LogP contribution in [0.1, 0.15) is 28.7 Å². The third kappa shape index (κ3) is 2.61. The maximum Gasteiger partial charge on any atom is 0.231 e. The Hall–Kier alpha value is -2.00. The van der Waals surface area contributed by atoms with Crippen LogP contribution >= 0.6 is 0 Å².